The van der Waals surface area contributed by atoms with Crippen molar-refractivity contribution in [3.63, 3.8) is 0 Å². The number of carbonyl (C=O) groups excluding carboxylic acids is 1. The average molecular weight is 929 g/mol. The molecule has 14 atom stereocenters. The summed E-state index contributed by atoms with van der Waals surface area (Å²) in [5.74, 6) is -0.899. The molecule has 1 aromatic carbocycles. The number of rotatable bonds is 32. The molecule has 20 nitrogen and oxygen atoms in total. The van der Waals surface area contributed by atoms with Crippen LogP contribution < -0.4 is 0 Å². The first-order valence-corrected chi connectivity index (χ1v) is 23.4. The van der Waals surface area contributed by atoms with E-state index in [1.807, 2.05) is 58.9 Å². The first-order chi connectivity index (χ1) is 31.0. The van der Waals surface area contributed by atoms with Crippen LogP contribution in [0.1, 0.15) is 91.5 Å². The Morgan fingerprint density at radius 2 is 1.52 bits per heavy atom. The first-order valence-electron chi connectivity index (χ1n) is 22.5. The van der Waals surface area contributed by atoms with Gasteiger partial charge < -0.3 is 62.7 Å². The number of nitrogens with zero attached hydrogens (tertiary/aromatic N) is 6. The number of benzene rings is 1. The van der Waals surface area contributed by atoms with Gasteiger partial charge in [0.2, 0.25) is 0 Å². The monoisotopic (exact) mass is 928 g/mol. The number of aliphatic hydroxyl groups is 3. The largest absolute Gasteiger partial charge is 0.467 e. The van der Waals surface area contributed by atoms with E-state index in [0.717, 1.165) is 49.0 Å². The number of thioether (sulfide) groups is 1. The van der Waals surface area contributed by atoms with Crippen molar-refractivity contribution in [2.75, 3.05) is 53.4 Å². The molecule has 3 rings (SSSR count). The van der Waals surface area contributed by atoms with E-state index in [1.165, 1.54) is 18.9 Å². The summed E-state index contributed by atoms with van der Waals surface area (Å²) in [5.41, 5.74) is 19.5. The van der Waals surface area contributed by atoms with Gasteiger partial charge in [-0.1, -0.05) is 93.1 Å². The van der Waals surface area contributed by atoms with Crippen molar-refractivity contribution in [1.82, 2.24) is 0 Å². The van der Waals surface area contributed by atoms with Crippen LogP contribution in [0.25, 0.3) is 20.9 Å². The van der Waals surface area contributed by atoms with E-state index in [2.05, 4.69) is 20.1 Å². The minimum absolute atomic E-state index is 0.143. The van der Waals surface area contributed by atoms with Crippen molar-refractivity contribution in [2.24, 2.45) is 10.2 Å². The molecule has 0 aliphatic carbocycles. The van der Waals surface area contributed by atoms with Gasteiger partial charge in [0.25, 0.3) is 0 Å². The van der Waals surface area contributed by atoms with Gasteiger partial charge in [0.05, 0.1) is 39.1 Å². The van der Waals surface area contributed by atoms with Crippen LogP contribution in [0, 0.1) is 6.92 Å². The number of hydrogen-bond donors (Lipinski definition) is 3. The van der Waals surface area contributed by atoms with Gasteiger partial charge in [0.15, 0.2) is 18.7 Å². The molecule has 364 valence electrons. The molecule has 0 spiro atoms. The summed E-state index contributed by atoms with van der Waals surface area (Å²) >= 11 is 1.21. The molecule has 2 aliphatic heterocycles. The maximum atomic E-state index is 13.9. The van der Waals surface area contributed by atoms with Gasteiger partial charge in [0.1, 0.15) is 54.1 Å². The van der Waals surface area contributed by atoms with Gasteiger partial charge >= 0.3 is 5.97 Å². The van der Waals surface area contributed by atoms with Gasteiger partial charge in [-0.2, -0.15) is 0 Å². The predicted octanol–water partition coefficient (Wildman–Crippen LogP) is 6.29. The van der Waals surface area contributed by atoms with Crippen LogP contribution in [0.5, 0.6) is 0 Å². The minimum atomic E-state index is -1.62. The van der Waals surface area contributed by atoms with Gasteiger partial charge in [-0.25, -0.2) is 4.79 Å². The summed E-state index contributed by atoms with van der Waals surface area (Å²) in [6, 6.07) is 5.21. The second kappa shape index (κ2) is 31.2. The Balaban J connectivity index is 2.13. The first kappa shape index (κ1) is 55.5. The van der Waals surface area contributed by atoms with Crippen molar-refractivity contribution < 1.29 is 67.5 Å². The summed E-state index contributed by atoms with van der Waals surface area (Å²) in [6.45, 7) is 11.5. The lowest BCUT2D eigenvalue weighted by Crippen LogP contribution is -2.66. The Morgan fingerprint density at radius 3 is 2.11 bits per heavy atom. The second-order valence-electron chi connectivity index (χ2n) is 15.7. The fraction of sp³-hybridized carbons (Fsp3) is 0.837. The molecule has 2 fully saturated rings. The van der Waals surface area contributed by atoms with Crippen molar-refractivity contribution in [3.8, 4) is 0 Å². The zero-order chi connectivity index (χ0) is 46.9. The number of methoxy groups -OCH3 is 1. The van der Waals surface area contributed by atoms with Gasteiger partial charge in [-0.3, -0.25) is 0 Å². The minimum Gasteiger partial charge on any atom is -0.467 e. The maximum Gasteiger partial charge on any atom is 0.337 e. The summed E-state index contributed by atoms with van der Waals surface area (Å²) < 4.78 is 62.6. The highest BCUT2D eigenvalue weighted by atomic mass is 32.2. The molecule has 3 N–H and O–H groups in total. The standard InChI is InChI=1S/C43H72N6O14S/c1-8-12-20-55-26-30(46-48-44)41(59-31(24-50)28(6)56-21-13-9-2)62-37-36(57-22-14-10-3)39(58-23-15-11-4)42(63-38(37)40(53)54-7)61-35-32(25-51)60-43(33(34(35)52)47-49-45)64-29-18-16-27(5)17-19-29/h16-19,28,30-39,41-43,50-52H,8-15,20-26H2,1-7H3/t28-,30-,31?,32?,33-,34?,35+,36?,37-,38?,39-,41+,42+,43-/m0/s1. The van der Waals surface area contributed by atoms with Crippen molar-refractivity contribution in [1.29, 1.82) is 0 Å². The summed E-state index contributed by atoms with van der Waals surface area (Å²) in [5, 5.41) is 41.0. The van der Waals surface area contributed by atoms with Crippen LogP contribution in [0.3, 0.4) is 0 Å². The van der Waals surface area contributed by atoms with Gasteiger partial charge in [-0.15, -0.1) is 0 Å². The van der Waals surface area contributed by atoms with E-state index in [9.17, 15) is 31.2 Å². The molecule has 2 aliphatic rings. The highest BCUT2D eigenvalue weighted by molar-refractivity contribution is 7.99. The number of ether oxygens (including phenoxy) is 10. The lowest BCUT2D eigenvalue weighted by molar-refractivity contribution is -0.357. The zero-order valence-electron chi connectivity index (χ0n) is 38.4. The topological polar surface area (TPSA) is 268 Å². The highest BCUT2D eigenvalue weighted by Gasteiger charge is 2.56. The molecule has 64 heavy (non-hydrogen) atoms. The Hall–Kier alpha value is -2.82. The molecule has 2 saturated heterocycles. The average Bonchev–Trinajstić information content (AvgIpc) is 3.29. The number of azide groups is 2. The third kappa shape index (κ3) is 17.1. The van der Waals surface area contributed by atoms with Crippen LogP contribution in [0.15, 0.2) is 39.4 Å². The van der Waals surface area contributed by atoms with Crippen LogP contribution in [0.4, 0.5) is 0 Å². The molecule has 0 aromatic heterocycles. The van der Waals surface area contributed by atoms with Gasteiger partial charge in [0, 0.05) is 41.1 Å². The molecule has 0 radical (unpaired) electrons. The van der Waals surface area contributed by atoms with Crippen molar-refractivity contribution in [2.45, 2.75) is 183 Å². The highest BCUT2D eigenvalue weighted by Crippen LogP contribution is 2.39. The Bertz CT molecular complexity index is 1550. The molecule has 0 saturated carbocycles. The fourth-order valence-electron chi connectivity index (χ4n) is 6.92. The third-order valence-corrected chi connectivity index (χ3v) is 11.9. The number of aryl methyl sites for hydroxylation is 1. The van der Waals surface area contributed by atoms with E-state index < -0.39 is 104 Å². The molecule has 1 aromatic rings. The predicted molar refractivity (Wildman–Crippen MR) is 236 cm³/mol. The molecular formula is C43H72N6O14S. The van der Waals surface area contributed by atoms with E-state index in [1.54, 1.807) is 6.92 Å². The Kier molecular flexibility index (Phi) is 27.1. The normalized spacial score (nSPS) is 27.7. The third-order valence-electron chi connectivity index (χ3n) is 10.7. The van der Waals surface area contributed by atoms with E-state index >= 15 is 0 Å². The van der Waals surface area contributed by atoms with E-state index in [-0.39, 0.29) is 19.8 Å². The van der Waals surface area contributed by atoms with E-state index in [4.69, 9.17) is 47.4 Å². The summed E-state index contributed by atoms with van der Waals surface area (Å²) in [6.07, 6.45) is -8.10. The quantitative estimate of drug-likeness (QED) is 0.0179. The number of carbonyl (C=O) groups is 1. The van der Waals surface area contributed by atoms with Crippen LogP contribution in [-0.4, -0.2) is 160 Å². The lowest BCUT2D eigenvalue weighted by Gasteiger charge is -2.49. The van der Waals surface area contributed by atoms with Crippen LogP contribution in [0.2, 0.25) is 0 Å². The molecule has 2 heterocycles. The smallest absolute Gasteiger partial charge is 0.337 e. The molecule has 21 heteroatoms. The number of hydrogen-bond acceptors (Lipinski definition) is 17. The van der Waals surface area contributed by atoms with Crippen LogP contribution in [-0.2, 0) is 52.2 Å². The van der Waals surface area contributed by atoms with Crippen molar-refractivity contribution in [3.05, 3.63) is 50.7 Å². The zero-order valence-corrected chi connectivity index (χ0v) is 39.2. The molecular weight excluding hydrogens is 857 g/mol. The second-order valence-corrected chi connectivity index (χ2v) is 16.9. The molecule has 0 amide bonds. The lowest BCUT2D eigenvalue weighted by atomic mass is 9.95. The molecule has 5 unspecified atom stereocenters. The van der Waals surface area contributed by atoms with E-state index in [0.29, 0.717) is 26.1 Å². The number of unbranched alkanes of at least 4 members (excludes halogenated alkanes) is 4. The molecule has 0 bridgehead atoms. The van der Waals surface area contributed by atoms with Gasteiger partial charge in [-0.05, 0) is 62.7 Å². The fourth-order valence-corrected chi connectivity index (χ4v) is 8.04. The summed E-state index contributed by atoms with van der Waals surface area (Å²) in [7, 11) is 1.17. The van der Waals surface area contributed by atoms with Crippen molar-refractivity contribution >= 4 is 17.7 Å². The SMILES string of the molecule is CCCCOC[C@H](N=[N+]=[N-])[C@H](OC(CO)[C@H](C)OCCCC)O[C@@H]1C(C(=O)OC)O[C@@H](O[C@@H]2C(CO)O[C@@H](Sc3ccc(C)cc3)[C@@H](N=[N+]=[N-])C2O)[C@@H](OCCCC)C1OCCCC. The number of esters is 1. The van der Waals surface area contributed by atoms with Crippen LogP contribution >= 0.6 is 11.8 Å². The Morgan fingerprint density at radius 1 is 0.875 bits per heavy atom. The Labute approximate surface area is 381 Å². The number of aliphatic hydroxyl groups excluding tert-OH is 3. The summed E-state index contributed by atoms with van der Waals surface area (Å²) in [4.78, 5) is 20.7. The maximum absolute atomic E-state index is 13.9.